The number of rotatable bonds is 1. The fraction of sp³-hybridized carbons (Fsp3) is 0.188. The molecular formula is C16H14N2O2. The van der Waals surface area contributed by atoms with E-state index in [1.807, 2.05) is 25.1 Å². The number of hydrogen-bond acceptors (Lipinski definition) is 3. The van der Waals surface area contributed by atoms with Gasteiger partial charge in [0, 0.05) is 36.5 Å². The summed E-state index contributed by atoms with van der Waals surface area (Å²) in [6, 6.07) is 8.99. The molecule has 0 N–H and O–H groups in total. The van der Waals surface area contributed by atoms with E-state index < -0.39 is 0 Å². The number of carbonyl (C=O) groups is 2. The second kappa shape index (κ2) is 4.89. The van der Waals surface area contributed by atoms with Crippen molar-refractivity contribution in [3.05, 3.63) is 59.4 Å². The number of pyridine rings is 1. The van der Waals surface area contributed by atoms with Crippen LogP contribution in [0.2, 0.25) is 0 Å². The van der Waals surface area contributed by atoms with E-state index in [1.165, 1.54) is 0 Å². The van der Waals surface area contributed by atoms with Crippen molar-refractivity contribution in [2.24, 2.45) is 0 Å². The van der Waals surface area contributed by atoms with Gasteiger partial charge in [0.25, 0.3) is 5.91 Å². The number of benzene rings is 1. The molecule has 0 saturated carbocycles. The molecule has 1 aromatic heterocycles. The van der Waals surface area contributed by atoms with Gasteiger partial charge in [-0.15, -0.1) is 0 Å². The second-order valence-corrected chi connectivity index (χ2v) is 4.89. The van der Waals surface area contributed by atoms with Gasteiger partial charge in [0.15, 0.2) is 5.78 Å². The van der Waals surface area contributed by atoms with Gasteiger partial charge in [0.05, 0.1) is 5.69 Å². The maximum absolute atomic E-state index is 12.5. The van der Waals surface area contributed by atoms with Crippen LogP contribution >= 0.6 is 0 Å². The third-order valence-electron chi connectivity index (χ3n) is 3.48. The topological polar surface area (TPSA) is 50.3 Å². The molecule has 1 aromatic carbocycles. The molecule has 0 atom stereocenters. The Morgan fingerprint density at radius 2 is 1.95 bits per heavy atom. The highest BCUT2D eigenvalue weighted by Crippen LogP contribution is 2.29. The average Bonchev–Trinajstić information content (AvgIpc) is 2.48. The summed E-state index contributed by atoms with van der Waals surface area (Å²) in [6.07, 6.45) is 3.56. The van der Waals surface area contributed by atoms with E-state index in [1.54, 1.807) is 29.4 Å². The van der Waals surface area contributed by atoms with Crippen molar-refractivity contribution in [1.29, 1.82) is 0 Å². The van der Waals surface area contributed by atoms with E-state index in [2.05, 4.69) is 4.98 Å². The first-order valence-corrected chi connectivity index (χ1v) is 6.52. The molecule has 4 nitrogen and oxygen atoms in total. The van der Waals surface area contributed by atoms with Crippen molar-refractivity contribution in [2.75, 3.05) is 11.4 Å². The van der Waals surface area contributed by atoms with Gasteiger partial charge in [-0.3, -0.25) is 14.6 Å². The molecule has 3 rings (SSSR count). The normalized spacial score (nSPS) is 14.1. The Kier molecular flexibility index (Phi) is 3.06. The van der Waals surface area contributed by atoms with Crippen LogP contribution in [0.3, 0.4) is 0 Å². The molecule has 0 bridgehead atoms. The maximum Gasteiger partial charge on any atom is 0.258 e. The van der Waals surface area contributed by atoms with Crippen LogP contribution in [0.4, 0.5) is 5.69 Å². The number of aryl methyl sites for hydroxylation is 1. The Labute approximate surface area is 117 Å². The van der Waals surface area contributed by atoms with Crippen LogP contribution in [0.15, 0.2) is 42.7 Å². The molecule has 1 amide bonds. The molecule has 0 radical (unpaired) electrons. The number of fused-ring (bicyclic) bond motifs is 1. The van der Waals surface area contributed by atoms with Gasteiger partial charge in [-0.1, -0.05) is 11.6 Å². The molecule has 1 aliphatic rings. The molecule has 100 valence electrons. The van der Waals surface area contributed by atoms with Crippen LogP contribution in [-0.2, 0) is 0 Å². The summed E-state index contributed by atoms with van der Waals surface area (Å²) in [6.45, 7) is 2.37. The van der Waals surface area contributed by atoms with Crippen LogP contribution in [0.1, 0.15) is 32.7 Å². The van der Waals surface area contributed by atoms with Gasteiger partial charge in [-0.2, -0.15) is 0 Å². The van der Waals surface area contributed by atoms with Gasteiger partial charge in [0.2, 0.25) is 0 Å². The number of aromatic nitrogens is 1. The molecule has 2 aromatic rings. The van der Waals surface area contributed by atoms with Gasteiger partial charge in [-0.05, 0) is 31.2 Å². The minimum atomic E-state index is -0.0926. The number of Topliss-reactive ketones (excluding diaryl/α,β-unsaturated/α-hetero) is 1. The van der Waals surface area contributed by atoms with Crippen molar-refractivity contribution in [2.45, 2.75) is 13.3 Å². The summed E-state index contributed by atoms with van der Waals surface area (Å²) in [5, 5.41) is 0. The minimum Gasteiger partial charge on any atom is -0.307 e. The Morgan fingerprint density at radius 3 is 2.70 bits per heavy atom. The number of carbonyl (C=O) groups excluding carboxylic acids is 2. The Bertz CT molecular complexity index is 680. The van der Waals surface area contributed by atoms with Gasteiger partial charge in [-0.25, -0.2) is 0 Å². The lowest BCUT2D eigenvalue weighted by atomic mass is 9.98. The molecule has 0 saturated heterocycles. The van der Waals surface area contributed by atoms with Crippen LogP contribution in [-0.4, -0.2) is 23.2 Å². The van der Waals surface area contributed by atoms with Crippen LogP contribution in [0.5, 0.6) is 0 Å². The van der Waals surface area contributed by atoms with E-state index in [0.717, 1.165) is 5.56 Å². The van der Waals surface area contributed by atoms with Crippen LogP contribution < -0.4 is 4.90 Å². The van der Waals surface area contributed by atoms with Crippen molar-refractivity contribution < 1.29 is 9.59 Å². The molecule has 0 spiro atoms. The van der Waals surface area contributed by atoms with E-state index in [4.69, 9.17) is 0 Å². The molecule has 0 unspecified atom stereocenters. The summed E-state index contributed by atoms with van der Waals surface area (Å²) >= 11 is 0. The lowest BCUT2D eigenvalue weighted by molar-refractivity contribution is 0.0955. The largest absolute Gasteiger partial charge is 0.307 e. The summed E-state index contributed by atoms with van der Waals surface area (Å²) in [5.74, 6) is 0.00693. The number of hydrogen-bond donors (Lipinski definition) is 0. The SMILES string of the molecule is Cc1ccc2c(c1)C(=O)CCN2C(=O)c1ccncc1. The van der Waals surface area contributed by atoms with E-state index in [9.17, 15) is 9.59 Å². The lowest BCUT2D eigenvalue weighted by Gasteiger charge is -2.29. The fourth-order valence-electron chi connectivity index (χ4n) is 2.44. The quantitative estimate of drug-likeness (QED) is 0.797. The van der Waals surface area contributed by atoms with Gasteiger partial charge >= 0.3 is 0 Å². The second-order valence-electron chi connectivity index (χ2n) is 4.89. The first-order valence-electron chi connectivity index (χ1n) is 6.52. The zero-order valence-electron chi connectivity index (χ0n) is 11.2. The van der Waals surface area contributed by atoms with Gasteiger partial charge < -0.3 is 4.90 Å². The molecule has 0 aliphatic carbocycles. The number of anilines is 1. The average molecular weight is 266 g/mol. The molecule has 1 aliphatic heterocycles. The zero-order chi connectivity index (χ0) is 14.1. The van der Waals surface area contributed by atoms with Gasteiger partial charge in [0.1, 0.15) is 0 Å². The standard InChI is InChI=1S/C16H14N2O2/c1-11-2-3-14-13(10-11)15(19)6-9-18(14)16(20)12-4-7-17-8-5-12/h2-5,7-8,10H,6,9H2,1H3. The highest BCUT2D eigenvalue weighted by Gasteiger charge is 2.27. The molecular weight excluding hydrogens is 252 g/mol. The summed E-state index contributed by atoms with van der Waals surface area (Å²) < 4.78 is 0. The predicted octanol–water partition coefficient (Wildman–Crippen LogP) is 2.62. The molecule has 20 heavy (non-hydrogen) atoms. The lowest BCUT2D eigenvalue weighted by Crippen LogP contribution is -2.37. The monoisotopic (exact) mass is 266 g/mol. The highest BCUT2D eigenvalue weighted by molar-refractivity contribution is 6.13. The Hall–Kier alpha value is -2.49. The van der Waals surface area contributed by atoms with E-state index >= 15 is 0 Å². The van der Waals surface area contributed by atoms with Crippen molar-refractivity contribution in [3.63, 3.8) is 0 Å². The third-order valence-corrected chi connectivity index (χ3v) is 3.48. The fourth-order valence-corrected chi connectivity index (χ4v) is 2.44. The van der Waals surface area contributed by atoms with Crippen molar-refractivity contribution in [3.8, 4) is 0 Å². The van der Waals surface area contributed by atoms with Crippen LogP contribution in [0, 0.1) is 6.92 Å². The summed E-state index contributed by atoms with van der Waals surface area (Å²) in [4.78, 5) is 30.1. The minimum absolute atomic E-state index is 0.0926. The first-order chi connectivity index (χ1) is 9.66. The molecule has 4 heteroatoms. The smallest absolute Gasteiger partial charge is 0.258 e. The van der Waals surface area contributed by atoms with Crippen molar-refractivity contribution in [1.82, 2.24) is 4.98 Å². The third kappa shape index (κ3) is 2.09. The first kappa shape index (κ1) is 12.5. The highest BCUT2D eigenvalue weighted by atomic mass is 16.2. The van der Waals surface area contributed by atoms with E-state index in [-0.39, 0.29) is 11.7 Å². The summed E-state index contributed by atoms with van der Waals surface area (Å²) in [5.41, 5.74) is 2.95. The summed E-state index contributed by atoms with van der Waals surface area (Å²) in [7, 11) is 0. The van der Waals surface area contributed by atoms with E-state index in [0.29, 0.717) is 29.8 Å². The van der Waals surface area contributed by atoms with Crippen LogP contribution in [0.25, 0.3) is 0 Å². The zero-order valence-corrected chi connectivity index (χ0v) is 11.2. The number of ketones is 1. The predicted molar refractivity (Wildman–Crippen MR) is 76.0 cm³/mol. The van der Waals surface area contributed by atoms with Crippen molar-refractivity contribution >= 4 is 17.4 Å². The molecule has 0 fully saturated rings. The Morgan fingerprint density at radius 1 is 1.20 bits per heavy atom. The molecule has 2 heterocycles. The number of nitrogens with zero attached hydrogens (tertiary/aromatic N) is 2. The Balaban J connectivity index is 2.03. The maximum atomic E-state index is 12.5. The number of amides is 1.